The molecule has 0 bridgehead atoms. The predicted molar refractivity (Wildman–Crippen MR) is 72.2 cm³/mol. The van der Waals surface area contributed by atoms with Gasteiger partial charge in [-0.25, -0.2) is 4.79 Å². The second kappa shape index (κ2) is 5.13. The lowest BCUT2D eigenvalue weighted by atomic mass is 9.98. The van der Waals surface area contributed by atoms with E-state index in [1.165, 1.54) is 6.20 Å². The average molecular weight is 268 g/mol. The number of carbonyl (C=O) groups is 2. The molecule has 0 saturated carbocycles. The molecule has 1 aliphatic heterocycles. The lowest BCUT2D eigenvalue weighted by molar-refractivity contribution is -0.125. The number of ether oxygens (including phenoxy) is 1. The number of anilines is 1. The normalized spacial score (nSPS) is 17.0. The second-order valence-electron chi connectivity index (χ2n) is 4.49. The van der Waals surface area contributed by atoms with E-state index in [9.17, 15) is 9.59 Å². The van der Waals surface area contributed by atoms with E-state index in [0.29, 0.717) is 17.7 Å². The molecule has 1 N–H and O–H groups in total. The first kappa shape index (κ1) is 12.3. The van der Waals surface area contributed by atoms with Crippen molar-refractivity contribution >= 4 is 17.6 Å². The monoisotopic (exact) mass is 268 g/mol. The topological polar surface area (TPSA) is 68.3 Å². The van der Waals surface area contributed by atoms with Gasteiger partial charge in [0.1, 0.15) is 0 Å². The molecule has 1 aliphatic rings. The van der Waals surface area contributed by atoms with Gasteiger partial charge in [-0.2, -0.15) is 0 Å². The van der Waals surface area contributed by atoms with E-state index in [0.717, 1.165) is 5.56 Å². The molecule has 2 heterocycles. The minimum Gasteiger partial charge on any atom is -0.448 e. The van der Waals surface area contributed by atoms with Gasteiger partial charge in [-0.1, -0.05) is 18.2 Å². The Bertz CT molecular complexity index is 655. The highest BCUT2D eigenvalue weighted by Gasteiger charge is 2.30. The number of carbonyl (C=O) groups excluding carboxylic acids is 2. The Morgan fingerprint density at radius 3 is 2.90 bits per heavy atom. The number of fused-ring (bicyclic) bond motifs is 1. The second-order valence-corrected chi connectivity index (χ2v) is 4.49. The van der Waals surface area contributed by atoms with Crippen LogP contribution in [0.1, 0.15) is 15.9 Å². The quantitative estimate of drug-likeness (QED) is 0.843. The lowest BCUT2D eigenvalue weighted by Gasteiger charge is -2.23. The minimum atomic E-state index is -0.808. The molecule has 0 aliphatic carbocycles. The Morgan fingerprint density at radius 1 is 1.25 bits per heavy atom. The Hall–Kier alpha value is -2.69. The van der Waals surface area contributed by atoms with Gasteiger partial charge < -0.3 is 10.1 Å². The molecule has 100 valence electrons. The molecular weight excluding hydrogens is 256 g/mol. The molecule has 1 atom stereocenters. The van der Waals surface area contributed by atoms with Crippen LogP contribution in [0.15, 0.2) is 48.8 Å². The van der Waals surface area contributed by atoms with E-state index in [4.69, 9.17) is 4.74 Å². The number of pyridine rings is 1. The summed E-state index contributed by atoms with van der Waals surface area (Å²) in [6.45, 7) is 0. The maximum atomic E-state index is 12.1. The molecule has 0 radical (unpaired) electrons. The number of cyclic esters (lactones) is 1. The number of nitrogens with one attached hydrogen (secondary N) is 1. The first-order chi connectivity index (χ1) is 9.74. The van der Waals surface area contributed by atoms with Gasteiger partial charge in [0.2, 0.25) is 0 Å². The fourth-order valence-electron chi connectivity index (χ4n) is 2.14. The molecule has 20 heavy (non-hydrogen) atoms. The fraction of sp³-hybridized carbons (Fsp3) is 0.133. The zero-order valence-corrected chi connectivity index (χ0v) is 10.6. The van der Waals surface area contributed by atoms with Gasteiger partial charge in [0.05, 0.1) is 17.4 Å². The zero-order valence-electron chi connectivity index (χ0n) is 10.6. The van der Waals surface area contributed by atoms with Crippen molar-refractivity contribution in [2.75, 3.05) is 5.32 Å². The zero-order chi connectivity index (χ0) is 13.9. The van der Waals surface area contributed by atoms with Crippen molar-refractivity contribution in [1.29, 1.82) is 0 Å². The maximum Gasteiger partial charge on any atom is 0.339 e. The van der Waals surface area contributed by atoms with E-state index in [1.807, 2.05) is 12.1 Å². The SMILES string of the molecule is O=C1O[C@H](C(=O)Nc2cccnc2)Cc2ccccc21. The number of amides is 1. The van der Waals surface area contributed by atoms with Gasteiger partial charge in [-0.05, 0) is 23.8 Å². The number of esters is 1. The van der Waals surface area contributed by atoms with Crippen LogP contribution in [0.2, 0.25) is 0 Å². The Kier molecular flexibility index (Phi) is 3.16. The summed E-state index contributed by atoms with van der Waals surface area (Å²) in [5.41, 5.74) is 1.93. The summed E-state index contributed by atoms with van der Waals surface area (Å²) in [5.74, 6) is -0.806. The average Bonchev–Trinajstić information content (AvgIpc) is 2.48. The Balaban J connectivity index is 1.76. The van der Waals surface area contributed by atoms with Crippen molar-refractivity contribution in [1.82, 2.24) is 4.98 Å². The van der Waals surface area contributed by atoms with Crippen LogP contribution in [0.25, 0.3) is 0 Å². The summed E-state index contributed by atoms with van der Waals surface area (Å²) in [7, 11) is 0. The molecular formula is C15H12N2O3. The van der Waals surface area contributed by atoms with Crippen LogP contribution in [0.5, 0.6) is 0 Å². The van der Waals surface area contributed by atoms with Crippen LogP contribution >= 0.6 is 0 Å². The molecule has 5 nitrogen and oxygen atoms in total. The smallest absolute Gasteiger partial charge is 0.339 e. The molecule has 3 rings (SSSR count). The third kappa shape index (κ3) is 2.38. The van der Waals surface area contributed by atoms with Gasteiger partial charge in [-0.3, -0.25) is 9.78 Å². The van der Waals surface area contributed by atoms with Crippen LogP contribution in [-0.4, -0.2) is 23.0 Å². The predicted octanol–water partition coefficient (Wildman–Crippen LogP) is 1.80. The van der Waals surface area contributed by atoms with E-state index in [-0.39, 0.29) is 5.91 Å². The highest BCUT2D eigenvalue weighted by molar-refractivity contribution is 5.99. The van der Waals surface area contributed by atoms with Crippen molar-refractivity contribution in [3.63, 3.8) is 0 Å². The minimum absolute atomic E-state index is 0.346. The number of aromatic nitrogens is 1. The fourth-order valence-corrected chi connectivity index (χ4v) is 2.14. The van der Waals surface area contributed by atoms with Crippen LogP contribution in [-0.2, 0) is 16.0 Å². The molecule has 0 spiro atoms. The number of benzene rings is 1. The third-order valence-corrected chi connectivity index (χ3v) is 3.11. The first-order valence-electron chi connectivity index (χ1n) is 6.24. The Labute approximate surface area is 115 Å². The van der Waals surface area contributed by atoms with E-state index >= 15 is 0 Å². The molecule has 5 heteroatoms. The van der Waals surface area contributed by atoms with Gasteiger partial charge in [0.15, 0.2) is 6.10 Å². The summed E-state index contributed by atoms with van der Waals surface area (Å²) < 4.78 is 5.18. The van der Waals surface area contributed by atoms with E-state index < -0.39 is 12.1 Å². The first-order valence-corrected chi connectivity index (χ1v) is 6.24. The highest BCUT2D eigenvalue weighted by Crippen LogP contribution is 2.21. The molecule has 0 unspecified atom stereocenters. The molecule has 1 aromatic heterocycles. The number of hydrogen-bond acceptors (Lipinski definition) is 4. The number of hydrogen-bond donors (Lipinski definition) is 1. The van der Waals surface area contributed by atoms with Crippen molar-refractivity contribution in [2.45, 2.75) is 12.5 Å². The van der Waals surface area contributed by atoms with Crippen LogP contribution in [0.3, 0.4) is 0 Å². The molecule has 1 aromatic carbocycles. The summed E-state index contributed by atoms with van der Waals surface area (Å²) in [6, 6.07) is 10.6. The third-order valence-electron chi connectivity index (χ3n) is 3.11. The summed E-state index contributed by atoms with van der Waals surface area (Å²) in [5, 5.41) is 2.68. The number of rotatable bonds is 2. The van der Waals surface area contributed by atoms with Crippen LogP contribution < -0.4 is 5.32 Å². The number of nitrogens with zero attached hydrogens (tertiary/aromatic N) is 1. The summed E-state index contributed by atoms with van der Waals surface area (Å²) in [6.07, 6.45) is 2.73. The van der Waals surface area contributed by atoms with Gasteiger partial charge in [0.25, 0.3) is 5.91 Å². The Morgan fingerprint density at radius 2 is 2.10 bits per heavy atom. The maximum absolute atomic E-state index is 12.1. The molecule has 0 fully saturated rings. The lowest BCUT2D eigenvalue weighted by Crippen LogP contribution is -2.37. The summed E-state index contributed by atoms with van der Waals surface area (Å²) in [4.78, 5) is 27.9. The molecule has 0 saturated heterocycles. The van der Waals surface area contributed by atoms with E-state index in [1.54, 1.807) is 30.5 Å². The summed E-state index contributed by atoms with van der Waals surface area (Å²) >= 11 is 0. The largest absolute Gasteiger partial charge is 0.448 e. The van der Waals surface area contributed by atoms with Crippen molar-refractivity contribution in [3.8, 4) is 0 Å². The highest BCUT2D eigenvalue weighted by atomic mass is 16.5. The standard InChI is InChI=1S/C15H12N2O3/c18-14(17-11-5-3-7-16-9-11)13-8-10-4-1-2-6-12(10)15(19)20-13/h1-7,9,13H,8H2,(H,17,18)/t13-/m0/s1. The van der Waals surface area contributed by atoms with Crippen LogP contribution in [0, 0.1) is 0 Å². The molecule has 2 aromatic rings. The van der Waals surface area contributed by atoms with Crippen LogP contribution in [0.4, 0.5) is 5.69 Å². The van der Waals surface area contributed by atoms with Gasteiger partial charge >= 0.3 is 5.97 Å². The van der Waals surface area contributed by atoms with Crippen molar-refractivity contribution < 1.29 is 14.3 Å². The van der Waals surface area contributed by atoms with Gasteiger partial charge in [-0.15, -0.1) is 0 Å². The van der Waals surface area contributed by atoms with Crippen molar-refractivity contribution in [3.05, 3.63) is 59.9 Å². The molecule has 1 amide bonds. The van der Waals surface area contributed by atoms with Gasteiger partial charge in [0, 0.05) is 12.6 Å². The van der Waals surface area contributed by atoms with Crippen molar-refractivity contribution in [2.24, 2.45) is 0 Å². The van der Waals surface area contributed by atoms with E-state index in [2.05, 4.69) is 10.3 Å².